The van der Waals surface area contributed by atoms with Crippen molar-refractivity contribution < 1.29 is 4.74 Å². The van der Waals surface area contributed by atoms with Gasteiger partial charge in [0.15, 0.2) is 0 Å². The molecule has 1 heterocycles. The van der Waals surface area contributed by atoms with Crippen LogP contribution in [-0.2, 0) is 0 Å². The van der Waals surface area contributed by atoms with Gasteiger partial charge < -0.3 is 15.4 Å². The quantitative estimate of drug-likeness (QED) is 0.839. The Labute approximate surface area is 107 Å². The van der Waals surface area contributed by atoms with Crippen molar-refractivity contribution in [3.8, 4) is 5.75 Å². The van der Waals surface area contributed by atoms with Crippen LogP contribution in [0.3, 0.4) is 0 Å². The predicted octanol–water partition coefficient (Wildman–Crippen LogP) is 2.61. The molecule has 1 aliphatic heterocycles. The number of nitrogens with two attached hydrogens (primary N) is 1. The zero-order valence-corrected chi connectivity index (χ0v) is 11.1. The summed E-state index contributed by atoms with van der Waals surface area (Å²) in [5.74, 6) is 3.33. The molecule has 2 rings (SSSR count). The first kappa shape index (κ1) is 12.4. The summed E-state index contributed by atoms with van der Waals surface area (Å²) in [4.78, 5) is 2.40. The molecular weight excluding hydrogens is 232 g/mol. The summed E-state index contributed by atoms with van der Waals surface area (Å²) in [6.07, 6.45) is 1.24. The molecule has 2 N–H and O–H groups in total. The van der Waals surface area contributed by atoms with Gasteiger partial charge in [-0.1, -0.05) is 0 Å². The highest BCUT2D eigenvalue weighted by molar-refractivity contribution is 7.99. The van der Waals surface area contributed by atoms with Gasteiger partial charge >= 0.3 is 0 Å². The summed E-state index contributed by atoms with van der Waals surface area (Å²) in [6, 6.07) is 6.02. The van der Waals surface area contributed by atoms with Crippen LogP contribution in [0.15, 0.2) is 18.2 Å². The zero-order chi connectivity index (χ0) is 12.1. The number of nitrogen functional groups attached to an aromatic ring is 1. The molecule has 1 aromatic carbocycles. The Bertz CT molecular complexity index is 362. The van der Waals surface area contributed by atoms with Crippen molar-refractivity contribution in [1.82, 2.24) is 0 Å². The normalized spacial score (nSPS) is 16.6. The minimum atomic E-state index is 0.679. The van der Waals surface area contributed by atoms with Crippen molar-refractivity contribution in [1.29, 1.82) is 0 Å². The van der Waals surface area contributed by atoms with Gasteiger partial charge in [0.1, 0.15) is 5.75 Å². The Morgan fingerprint density at radius 3 is 3.00 bits per heavy atom. The van der Waals surface area contributed by atoms with Gasteiger partial charge in [-0.2, -0.15) is 11.8 Å². The van der Waals surface area contributed by atoms with E-state index in [9.17, 15) is 0 Å². The first-order valence-electron chi connectivity index (χ1n) is 6.15. The van der Waals surface area contributed by atoms with Gasteiger partial charge in [-0.05, 0) is 25.2 Å². The van der Waals surface area contributed by atoms with E-state index in [1.165, 1.54) is 23.6 Å². The Morgan fingerprint density at radius 1 is 1.29 bits per heavy atom. The van der Waals surface area contributed by atoms with E-state index in [4.69, 9.17) is 10.5 Å². The molecule has 0 unspecified atom stereocenters. The van der Waals surface area contributed by atoms with E-state index in [0.29, 0.717) is 6.61 Å². The molecule has 0 aliphatic carbocycles. The number of benzene rings is 1. The lowest BCUT2D eigenvalue weighted by atomic mass is 10.2. The zero-order valence-electron chi connectivity index (χ0n) is 10.3. The first-order valence-corrected chi connectivity index (χ1v) is 7.31. The maximum atomic E-state index is 5.92. The Kier molecular flexibility index (Phi) is 4.42. The number of anilines is 2. The van der Waals surface area contributed by atoms with Gasteiger partial charge in [-0.25, -0.2) is 0 Å². The molecule has 0 atom stereocenters. The minimum absolute atomic E-state index is 0.679. The van der Waals surface area contributed by atoms with Crippen molar-refractivity contribution in [3.05, 3.63) is 18.2 Å². The summed E-state index contributed by atoms with van der Waals surface area (Å²) in [6.45, 7) is 4.88. The van der Waals surface area contributed by atoms with E-state index >= 15 is 0 Å². The van der Waals surface area contributed by atoms with E-state index in [2.05, 4.69) is 11.0 Å². The topological polar surface area (TPSA) is 38.5 Å². The van der Waals surface area contributed by atoms with Gasteiger partial charge in [0, 0.05) is 42.3 Å². The lowest BCUT2D eigenvalue weighted by Gasteiger charge is -2.23. The fraction of sp³-hybridized carbons (Fsp3) is 0.538. The third-order valence-corrected chi connectivity index (χ3v) is 3.86. The van der Waals surface area contributed by atoms with Gasteiger partial charge in [0.2, 0.25) is 0 Å². The number of hydrogen-bond donors (Lipinski definition) is 1. The average Bonchev–Trinajstić information content (AvgIpc) is 2.57. The maximum Gasteiger partial charge on any atom is 0.123 e. The fourth-order valence-electron chi connectivity index (χ4n) is 2.04. The number of thioether (sulfide) groups is 1. The second kappa shape index (κ2) is 6.05. The van der Waals surface area contributed by atoms with E-state index < -0.39 is 0 Å². The smallest absolute Gasteiger partial charge is 0.123 e. The van der Waals surface area contributed by atoms with Crippen LogP contribution >= 0.6 is 11.8 Å². The average molecular weight is 252 g/mol. The molecule has 0 amide bonds. The van der Waals surface area contributed by atoms with Crippen molar-refractivity contribution in [2.45, 2.75) is 13.3 Å². The van der Waals surface area contributed by atoms with Crippen LogP contribution in [0.4, 0.5) is 11.4 Å². The van der Waals surface area contributed by atoms with Crippen LogP contribution in [-0.4, -0.2) is 31.2 Å². The Balaban J connectivity index is 2.17. The molecule has 1 fully saturated rings. The van der Waals surface area contributed by atoms with Crippen LogP contribution in [0.2, 0.25) is 0 Å². The Hall–Kier alpha value is -1.03. The van der Waals surface area contributed by atoms with Crippen LogP contribution in [0.25, 0.3) is 0 Å². The van der Waals surface area contributed by atoms with Crippen molar-refractivity contribution in [3.63, 3.8) is 0 Å². The molecule has 0 radical (unpaired) electrons. The molecule has 94 valence electrons. The molecular formula is C13H20N2OS. The van der Waals surface area contributed by atoms with Crippen LogP contribution < -0.4 is 15.4 Å². The van der Waals surface area contributed by atoms with Gasteiger partial charge in [0.05, 0.1) is 6.61 Å². The third kappa shape index (κ3) is 3.46. The largest absolute Gasteiger partial charge is 0.494 e. The molecule has 4 heteroatoms. The summed E-state index contributed by atoms with van der Waals surface area (Å²) >= 11 is 2.03. The molecule has 1 aliphatic rings. The highest BCUT2D eigenvalue weighted by Gasteiger charge is 2.11. The van der Waals surface area contributed by atoms with Gasteiger partial charge in [-0.15, -0.1) is 0 Å². The molecule has 3 nitrogen and oxygen atoms in total. The second-order valence-corrected chi connectivity index (χ2v) is 5.37. The highest BCUT2D eigenvalue weighted by Crippen LogP contribution is 2.27. The standard InChI is InChI=1S/C13H20N2OS/c1-2-16-13-9-11(14)8-12(10-13)15-4-3-6-17-7-5-15/h8-10H,2-7,14H2,1H3. The summed E-state index contributed by atoms with van der Waals surface area (Å²) in [5.41, 5.74) is 7.89. The maximum absolute atomic E-state index is 5.92. The van der Waals surface area contributed by atoms with Crippen LogP contribution in [0.5, 0.6) is 5.75 Å². The lowest BCUT2D eigenvalue weighted by Crippen LogP contribution is -2.25. The van der Waals surface area contributed by atoms with Crippen LogP contribution in [0, 0.1) is 0 Å². The Morgan fingerprint density at radius 2 is 2.18 bits per heavy atom. The summed E-state index contributed by atoms with van der Waals surface area (Å²) < 4.78 is 5.54. The molecule has 1 saturated heterocycles. The molecule has 0 spiro atoms. The van der Waals surface area contributed by atoms with Crippen LogP contribution in [0.1, 0.15) is 13.3 Å². The predicted molar refractivity (Wildman–Crippen MR) is 76.2 cm³/mol. The van der Waals surface area contributed by atoms with E-state index in [-0.39, 0.29) is 0 Å². The summed E-state index contributed by atoms with van der Waals surface area (Å²) in [7, 11) is 0. The molecule has 1 aromatic rings. The van der Waals surface area contributed by atoms with Gasteiger partial charge in [0.25, 0.3) is 0 Å². The van der Waals surface area contributed by atoms with Gasteiger partial charge in [-0.3, -0.25) is 0 Å². The van der Waals surface area contributed by atoms with Crippen molar-refractivity contribution >= 4 is 23.1 Å². The molecule has 0 saturated carbocycles. The number of rotatable bonds is 3. The second-order valence-electron chi connectivity index (χ2n) is 4.15. The van der Waals surface area contributed by atoms with E-state index in [1.807, 2.05) is 30.8 Å². The fourth-order valence-corrected chi connectivity index (χ4v) is 2.93. The summed E-state index contributed by atoms with van der Waals surface area (Å²) in [5, 5.41) is 0. The van der Waals surface area contributed by atoms with E-state index in [1.54, 1.807) is 0 Å². The minimum Gasteiger partial charge on any atom is -0.494 e. The highest BCUT2D eigenvalue weighted by atomic mass is 32.2. The molecule has 0 bridgehead atoms. The molecule has 0 aromatic heterocycles. The van der Waals surface area contributed by atoms with Crippen molar-refractivity contribution in [2.24, 2.45) is 0 Å². The number of nitrogens with zero attached hydrogens (tertiary/aromatic N) is 1. The first-order chi connectivity index (χ1) is 8.29. The third-order valence-electron chi connectivity index (χ3n) is 2.81. The monoisotopic (exact) mass is 252 g/mol. The number of ether oxygens (including phenoxy) is 1. The SMILES string of the molecule is CCOc1cc(N)cc(N2CCCSCC2)c1. The van der Waals surface area contributed by atoms with E-state index in [0.717, 1.165) is 24.5 Å². The lowest BCUT2D eigenvalue weighted by molar-refractivity contribution is 0.340. The van der Waals surface area contributed by atoms with Crippen molar-refractivity contribution in [2.75, 3.05) is 41.8 Å². The molecule has 17 heavy (non-hydrogen) atoms. The number of hydrogen-bond acceptors (Lipinski definition) is 4.